The number of hydrogen-bond donors (Lipinski definition) is 1. The molecular formula is C20H18FN7O2. The van der Waals surface area contributed by atoms with Crippen LogP contribution in [0.2, 0.25) is 0 Å². The summed E-state index contributed by atoms with van der Waals surface area (Å²) in [4.78, 5) is 30.4. The summed E-state index contributed by atoms with van der Waals surface area (Å²) in [5.41, 5.74) is 1.47. The van der Waals surface area contributed by atoms with Crippen LogP contribution >= 0.6 is 0 Å². The maximum absolute atomic E-state index is 13.9. The number of methoxy groups -OCH3 is 1. The Bertz CT molecular complexity index is 1220. The van der Waals surface area contributed by atoms with Crippen molar-refractivity contribution in [1.82, 2.24) is 29.5 Å². The molecule has 5 heterocycles. The lowest BCUT2D eigenvalue weighted by Crippen LogP contribution is -2.24. The Balaban J connectivity index is 1.55. The Morgan fingerprint density at radius 2 is 2.23 bits per heavy atom. The molecule has 30 heavy (non-hydrogen) atoms. The molecule has 0 radical (unpaired) electrons. The van der Waals surface area contributed by atoms with Gasteiger partial charge in [0.05, 0.1) is 31.1 Å². The fraction of sp³-hybridized carbons (Fsp3) is 0.250. The number of rotatable bonds is 5. The Hall–Kier alpha value is -3.82. The minimum absolute atomic E-state index is 0.134. The van der Waals surface area contributed by atoms with E-state index in [0.717, 1.165) is 25.6 Å². The third-order valence-electron chi connectivity index (χ3n) is 5.26. The zero-order valence-electron chi connectivity index (χ0n) is 16.1. The van der Waals surface area contributed by atoms with Gasteiger partial charge in [-0.3, -0.25) is 4.79 Å². The number of aromatic amines is 1. The molecule has 4 aromatic rings. The van der Waals surface area contributed by atoms with Crippen molar-refractivity contribution in [3.63, 3.8) is 0 Å². The predicted molar refractivity (Wildman–Crippen MR) is 105 cm³/mol. The van der Waals surface area contributed by atoms with Gasteiger partial charge in [0.15, 0.2) is 11.5 Å². The van der Waals surface area contributed by atoms with Crippen molar-refractivity contribution in [2.45, 2.75) is 18.9 Å². The van der Waals surface area contributed by atoms with Crippen LogP contribution in [0.15, 0.2) is 43.1 Å². The van der Waals surface area contributed by atoms with Gasteiger partial charge in [-0.05, 0) is 25.0 Å². The van der Waals surface area contributed by atoms with Crippen LogP contribution in [0.25, 0.3) is 5.65 Å². The second kappa shape index (κ2) is 7.21. The van der Waals surface area contributed by atoms with E-state index in [0.29, 0.717) is 28.5 Å². The zero-order valence-corrected chi connectivity index (χ0v) is 16.1. The highest BCUT2D eigenvalue weighted by Gasteiger charge is 2.31. The molecule has 0 aromatic carbocycles. The van der Waals surface area contributed by atoms with E-state index in [1.165, 1.54) is 25.6 Å². The molecule has 1 saturated heterocycles. The van der Waals surface area contributed by atoms with Gasteiger partial charge in [0.1, 0.15) is 11.6 Å². The first kappa shape index (κ1) is 18.2. The van der Waals surface area contributed by atoms with Gasteiger partial charge in [-0.1, -0.05) is 0 Å². The molecule has 1 aliphatic rings. The molecule has 152 valence electrons. The van der Waals surface area contributed by atoms with Crippen LogP contribution in [-0.4, -0.2) is 49.0 Å². The van der Waals surface area contributed by atoms with Crippen molar-refractivity contribution in [2.75, 3.05) is 18.6 Å². The summed E-state index contributed by atoms with van der Waals surface area (Å²) in [6.45, 7) is 0.739. The molecule has 10 heteroatoms. The number of fused-ring (bicyclic) bond motifs is 1. The van der Waals surface area contributed by atoms with Crippen LogP contribution in [0.5, 0.6) is 5.88 Å². The molecule has 0 bridgehead atoms. The van der Waals surface area contributed by atoms with Crippen LogP contribution < -0.4 is 9.64 Å². The van der Waals surface area contributed by atoms with Gasteiger partial charge in [0.25, 0.3) is 0 Å². The number of pyridine rings is 1. The van der Waals surface area contributed by atoms with Crippen molar-refractivity contribution in [2.24, 2.45) is 0 Å². The molecule has 0 saturated carbocycles. The molecule has 1 atom stereocenters. The standard InChI is InChI=1S/C20H18FN7O2/c1-30-20-13(9-12(21)10-24-20)15-3-2-7-27(15)16-4-8-28-19(26-16)14(11-25-28)17(29)18-22-5-6-23-18/h4-6,8-11,15H,2-3,7H2,1H3,(H,22,23)/t15-/m1/s1. The van der Waals surface area contributed by atoms with Crippen LogP contribution in [0.1, 0.15) is 40.6 Å². The van der Waals surface area contributed by atoms with Crippen molar-refractivity contribution in [1.29, 1.82) is 0 Å². The molecule has 4 aromatic heterocycles. The summed E-state index contributed by atoms with van der Waals surface area (Å²) in [6, 6.07) is 3.15. The molecule has 0 aliphatic carbocycles. The van der Waals surface area contributed by atoms with Gasteiger partial charge in [0.2, 0.25) is 11.7 Å². The number of hydrogen-bond acceptors (Lipinski definition) is 7. The van der Waals surface area contributed by atoms with E-state index in [-0.39, 0.29) is 17.6 Å². The molecule has 0 unspecified atom stereocenters. The number of carbonyl (C=O) groups is 1. The van der Waals surface area contributed by atoms with E-state index in [2.05, 4.69) is 25.0 Å². The predicted octanol–water partition coefficient (Wildman–Crippen LogP) is 2.57. The first-order valence-corrected chi connectivity index (χ1v) is 9.50. The van der Waals surface area contributed by atoms with Crippen molar-refractivity contribution in [3.8, 4) is 5.88 Å². The molecule has 0 spiro atoms. The first-order valence-electron chi connectivity index (χ1n) is 9.50. The second-order valence-electron chi connectivity index (χ2n) is 6.98. The average Bonchev–Trinajstić information content (AvgIpc) is 3.53. The van der Waals surface area contributed by atoms with Gasteiger partial charge in [-0.2, -0.15) is 5.10 Å². The number of ketones is 1. The minimum atomic E-state index is -0.414. The Kier molecular flexibility index (Phi) is 4.38. The Labute approximate surface area is 170 Å². The van der Waals surface area contributed by atoms with E-state index in [1.807, 2.05) is 6.07 Å². The number of nitrogens with zero attached hydrogens (tertiary/aromatic N) is 6. The number of nitrogens with one attached hydrogen (secondary N) is 1. The topological polar surface area (TPSA) is 101 Å². The Morgan fingerprint density at radius 1 is 1.33 bits per heavy atom. The fourth-order valence-corrected chi connectivity index (χ4v) is 3.91. The molecule has 0 amide bonds. The highest BCUT2D eigenvalue weighted by molar-refractivity contribution is 6.10. The maximum Gasteiger partial charge on any atom is 0.233 e. The van der Waals surface area contributed by atoms with Crippen molar-refractivity contribution < 1.29 is 13.9 Å². The summed E-state index contributed by atoms with van der Waals surface area (Å²) in [5, 5.41) is 4.23. The SMILES string of the molecule is COc1ncc(F)cc1[C@H]1CCCN1c1ccn2ncc(C(=O)c3ncc[nH]3)c2n1. The second-order valence-corrected chi connectivity index (χ2v) is 6.98. The lowest BCUT2D eigenvalue weighted by atomic mass is 10.1. The molecule has 9 nitrogen and oxygen atoms in total. The molecule has 1 N–H and O–H groups in total. The number of H-pyrrole nitrogens is 1. The lowest BCUT2D eigenvalue weighted by Gasteiger charge is -2.26. The van der Waals surface area contributed by atoms with Gasteiger partial charge in [-0.15, -0.1) is 0 Å². The maximum atomic E-state index is 13.9. The summed E-state index contributed by atoms with van der Waals surface area (Å²) in [7, 11) is 1.52. The normalized spacial score (nSPS) is 16.3. The summed E-state index contributed by atoms with van der Waals surface area (Å²) in [5.74, 6) is 0.598. The molecular weight excluding hydrogens is 389 g/mol. The van der Waals surface area contributed by atoms with Gasteiger partial charge < -0.3 is 14.6 Å². The summed E-state index contributed by atoms with van der Waals surface area (Å²) >= 11 is 0. The highest BCUT2D eigenvalue weighted by Crippen LogP contribution is 2.38. The van der Waals surface area contributed by atoms with Crippen LogP contribution in [-0.2, 0) is 0 Å². The average molecular weight is 407 g/mol. The third kappa shape index (κ3) is 2.97. The number of ether oxygens (including phenoxy) is 1. The van der Waals surface area contributed by atoms with Crippen LogP contribution in [0, 0.1) is 5.82 Å². The van der Waals surface area contributed by atoms with Crippen LogP contribution in [0.3, 0.4) is 0 Å². The quantitative estimate of drug-likeness (QED) is 0.507. The number of halogens is 1. The van der Waals surface area contributed by atoms with Gasteiger partial charge >= 0.3 is 0 Å². The smallest absolute Gasteiger partial charge is 0.233 e. The van der Waals surface area contributed by atoms with E-state index in [4.69, 9.17) is 9.72 Å². The van der Waals surface area contributed by atoms with Gasteiger partial charge in [-0.25, -0.2) is 23.9 Å². The fourth-order valence-electron chi connectivity index (χ4n) is 3.91. The zero-order chi connectivity index (χ0) is 20.7. The highest BCUT2D eigenvalue weighted by atomic mass is 19.1. The molecule has 5 rings (SSSR count). The summed E-state index contributed by atoms with van der Waals surface area (Å²) < 4.78 is 20.8. The third-order valence-corrected chi connectivity index (χ3v) is 5.26. The summed E-state index contributed by atoms with van der Waals surface area (Å²) in [6.07, 6.45) is 9.22. The first-order chi connectivity index (χ1) is 14.7. The van der Waals surface area contributed by atoms with E-state index < -0.39 is 5.82 Å². The number of aromatic nitrogens is 6. The van der Waals surface area contributed by atoms with Crippen LogP contribution in [0.4, 0.5) is 10.2 Å². The minimum Gasteiger partial charge on any atom is -0.481 e. The van der Waals surface area contributed by atoms with E-state index in [1.54, 1.807) is 16.9 Å². The molecule has 1 fully saturated rings. The van der Waals surface area contributed by atoms with Crippen molar-refractivity contribution >= 4 is 17.2 Å². The van der Waals surface area contributed by atoms with Crippen molar-refractivity contribution in [3.05, 3.63) is 65.9 Å². The van der Waals surface area contributed by atoms with E-state index >= 15 is 0 Å². The number of anilines is 1. The van der Waals surface area contributed by atoms with E-state index in [9.17, 15) is 9.18 Å². The lowest BCUT2D eigenvalue weighted by molar-refractivity contribution is 0.103. The number of imidazole rings is 1. The molecule has 1 aliphatic heterocycles. The monoisotopic (exact) mass is 407 g/mol. The largest absolute Gasteiger partial charge is 0.481 e. The number of carbonyl (C=O) groups excluding carboxylic acids is 1. The van der Waals surface area contributed by atoms with Gasteiger partial charge in [0, 0.05) is 30.7 Å². The Morgan fingerprint density at radius 3 is 3.03 bits per heavy atom.